The number of nitro benzene ring substituents is 1. The van der Waals surface area contributed by atoms with E-state index in [9.17, 15) is 28.1 Å². The lowest BCUT2D eigenvalue weighted by molar-refractivity contribution is -0.385. The summed E-state index contributed by atoms with van der Waals surface area (Å²) in [5, 5.41) is 13.6. The highest BCUT2D eigenvalue weighted by atomic mass is 19.4. The Bertz CT molecular complexity index is 913. The Morgan fingerprint density at radius 3 is 2.66 bits per heavy atom. The van der Waals surface area contributed by atoms with Crippen molar-refractivity contribution in [3.8, 4) is 11.5 Å². The normalized spacial score (nSPS) is 11.3. The first kappa shape index (κ1) is 21.7. The Morgan fingerprint density at radius 2 is 2.00 bits per heavy atom. The molecule has 0 unspecified atom stereocenters. The summed E-state index contributed by atoms with van der Waals surface area (Å²) >= 11 is 0. The molecule has 1 N–H and O–H groups in total. The van der Waals surface area contributed by atoms with E-state index in [1.165, 1.54) is 30.3 Å². The van der Waals surface area contributed by atoms with Gasteiger partial charge in [0, 0.05) is 23.9 Å². The van der Waals surface area contributed by atoms with Gasteiger partial charge in [-0.3, -0.25) is 14.9 Å². The fourth-order valence-electron chi connectivity index (χ4n) is 2.24. The highest BCUT2D eigenvalue weighted by molar-refractivity contribution is 6.02. The van der Waals surface area contributed by atoms with E-state index in [1.54, 1.807) is 6.07 Å². The maximum absolute atomic E-state index is 12.3. The third-order valence-corrected chi connectivity index (χ3v) is 3.40. The van der Waals surface area contributed by atoms with Crippen LogP contribution in [-0.4, -0.2) is 23.8 Å². The van der Waals surface area contributed by atoms with Crippen molar-refractivity contribution in [2.75, 3.05) is 11.9 Å². The van der Waals surface area contributed by atoms with E-state index in [0.29, 0.717) is 18.6 Å². The smallest absolute Gasteiger partial charge is 0.487 e. The van der Waals surface area contributed by atoms with E-state index in [-0.39, 0.29) is 17.1 Å². The summed E-state index contributed by atoms with van der Waals surface area (Å²) in [6.07, 6.45) is -1.72. The van der Waals surface area contributed by atoms with Gasteiger partial charge in [0.1, 0.15) is 5.75 Å². The summed E-state index contributed by atoms with van der Waals surface area (Å²) in [4.78, 5) is 22.6. The molecule has 0 aliphatic carbocycles. The Kier molecular flexibility index (Phi) is 7.18. The number of carbonyl (C=O) groups excluding carboxylic acids is 1. The number of amides is 1. The van der Waals surface area contributed by atoms with Gasteiger partial charge in [0.05, 0.1) is 11.5 Å². The highest BCUT2D eigenvalue weighted by Gasteiger charge is 2.31. The highest BCUT2D eigenvalue weighted by Crippen LogP contribution is 2.29. The van der Waals surface area contributed by atoms with Crippen LogP contribution in [0.4, 0.5) is 24.5 Å². The first-order chi connectivity index (χ1) is 13.7. The van der Waals surface area contributed by atoms with Crippen LogP contribution in [0.3, 0.4) is 0 Å². The molecule has 10 heteroatoms. The molecule has 2 aromatic rings. The van der Waals surface area contributed by atoms with Crippen LogP contribution >= 0.6 is 0 Å². The zero-order valence-corrected chi connectivity index (χ0v) is 15.2. The second kappa shape index (κ2) is 9.58. The lowest BCUT2D eigenvalue weighted by atomic mass is 10.1. The van der Waals surface area contributed by atoms with Crippen molar-refractivity contribution in [3.05, 3.63) is 64.2 Å². The molecule has 0 aromatic heterocycles. The molecule has 1 amide bonds. The van der Waals surface area contributed by atoms with Crippen LogP contribution < -0.4 is 14.8 Å². The van der Waals surface area contributed by atoms with Gasteiger partial charge >= 0.3 is 12.0 Å². The number of ether oxygens (including phenoxy) is 2. The lowest BCUT2D eigenvalue weighted by Crippen LogP contribution is -2.17. The number of nitrogens with zero attached hydrogens (tertiary/aromatic N) is 1. The number of halogens is 3. The molecule has 0 fully saturated rings. The minimum atomic E-state index is -4.84. The molecule has 0 heterocycles. The molecular formula is C19H17F3N2O5. The number of nitro groups is 1. The van der Waals surface area contributed by atoms with Crippen LogP contribution in [-0.2, 0) is 4.79 Å². The number of alkyl halides is 3. The van der Waals surface area contributed by atoms with Crippen molar-refractivity contribution in [3.63, 3.8) is 0 Å². The molecule has 0 saturated heterocycles. The van der Waals surface area contributed by atoms with Crippen LogP contribution in [0.2, 0.25) is 0 Å². The molecule has 0 spiro atoms. The van der Waals surface area contributed by atoms with Gasteiger partial charge in [-0.1, -0.05) is 19.1 Å². The summed E-state index contributed by atoms with van der Waals surface area (Å²) in [5.74, 6) is -0.986. The molecule has 0 aliphatic heterocycles. The fraction of sp³-hybridized carbons (Fsp3) is 0.211. The Labute approximate surface area is 163 Å². The molecule has 29 heavy (non-hydrogen) atoms. The lowest BCUT2D eigenvalue weighted by Gasteiger charge is -2.10. The number of hydrogen-bond donors (Lipinski definition) is 1. The molecule has 0 radical (unpaired) electrons. The first-order valence-electron chi connectivity index (χ1n) is 8.44. The molecule has 0 saturated carbocycles. The Morgan fingerprint density at radius 1 is 1.24 bits per heavy atom. The summed E-state index contributed by atoms with van der Waals surface area (Å²) in [6.45, 7) is 2.20. The summed E-state index contributed by atoms with van der Waals surface area (Å²) in [7, 11) is 0. The van der Waals surface area contributed by atoms with E-state index in [2.05, 4.69) is 10.1 Å². The monoisotopic (exact) mass is 410 g/mol. The van der Waals surface area contributed by atoms with Gasteiger partial charge in [0.2, 0.25) is 5.91 Å². The van der Waals surface area contributed by atoms with E-state index in [1.807, 2.05) is 6.92 Å². The van der Waals surface area contributed by atoms with Gasteiger partial charge in [0.25, 0.3) is 0 Å². The van der Waals surface area contributed by atoms with Gasteiger partial charge in [0.15, 0.2) is 5.75 Å². The Hall–Kier alpha value is -3.56. The van der Waals surface area contributed by atoms with E-state index >= 15 is 0 Å². The van der Waals surface area contributed by atoms with Crippen molar-refractivity contribution in [2.24, 2.45) is 0 Å². The molecule has 7 nitrogen and oxygen atoms in total. The standard InChI is InChI=1S/C19H17F3N2O5/c1-2-10-28-17-8-6-13(11-16(17)24(26)27)7-9-18(25)23-14-4-3-5-15(12-14)29-19(20,21)22/h3-9,11-12H,2,10H2,1H3,(H,23,25)/b9-7+. The number of hydrogen-bond acceptors (Lipinski definition) is 5. The number of benzene rings is 2. The molecule has 0 aliphatic rings. The van der Waals surface area contributed by atoms with Crippen LogP contribution in [0.25, 0.3) is 6.08 Å². The van der Waals surface area contributed by atoms with Gasteiger partial charge < -0.3 is 14.8 Å². The number of rotatable bonds is 8. The number of carbonyl (C=O) groups is 1. The molecule has 0 bridgehead atoms. The minimum absolute atomic E-state index is 0.0932. The topological polar surface area (TPSA) is 90.7 Å². The van der Waals surface area contributed by atoms with Crippen molar-refractivity contribution in [2.45, 2.75) is 19.7 Å². The number of nitrogens with one attached hydrogen (secondary N) is 1. The van der Waals surface area contributed by atoms with Gasteiger partial charge in [-0.25, -0.2) is 0 Å². The van der Waals surface area contributed by atoms with Gasteiger partial charge in [-0.15, -0.1) is 13.2 Å². The zero-order chi connectivity index (χ0) is 21.4. The van der Waals surface area contributed by atoms with Crippen molar-refractivity contribution < 1.29 is 32.4 Å². The zero-order valence-electron chi connectivity index (χ0n) is 15.2. The maximum Gasteiger partial charge on any atom is 0.573 e. The SMILES string of the molecule is CCCOc1ccc(/C=C/C(=O)Nc2cccc(OC(F)(F)F)c2)cc1[N+](=O)[O-]. The van der Waals surface area contributed by atoms with Gasteiger partial charge in [-0.05, 0) is 36.3 Å². The second-order valence-electron chi connectivity index (χ2n) is 5.73. The molecule has 2 rings (SSSR count). The predicted octanol–water partition coefficient (Wildman–Crippen LogP) is 4.93. The van der Waals surface area contributed by atoms with Crippen LogP contribution in [0.1, 0.15) is 18.9 Å². The molecule has 154 valence electrons. The quantitative estimate of drug-likeness (QED) is 0.378. The molecule has 0 atom stereocenters. The summed E-state index contributed by atoms with van der Waals surface area (Å²) in [5.41, 5.74) is 0.235. The fourth-order valence-corrected chi connectivity index (χ4v) is 2.24. The van der Waals surface area contributed by atoms with E-state index < -0.39 is 22.9 Å². The van der Waals surface area contributed by atoms with Crippen molar-refractivity contribution >= 4 is 23.4 Å². The average molecular weight is 410 g/mol. The first-order valence-corrected chi connectivity index (χ1v) is 8.44. The van der Waals surface area contributed by atoms with Gasteiger partial charge in [-0.2, -0.15) is 0 Å². The molecule has 2 aromatic carbocycles. The summed E-state index contributed by atoms with van der Waals surface area (Å²) in [6, 6.07) is 9.03. The third-order valence-electron chi connectivity index (χ3n) is 3.40. The summed E-state index contributed by atoms with van der Waals surface area (Å²) < 4.78 is 45.9. The second-order valence-corrected chi connectivity index (χ2v) is 5.73. The number of anilines is 1. The predicted molar refractivity (Wildman–Crippen MR) is 99.7 cm³/mol. The van der Waals surface area contributed by atoms with Crippen LogP contribution in [0.5, 0.6) is 11.5 Å². The largest absolute Gasteiger partial charge is 0.573 e. The van der Waals surface area contributed by atoms with E-state index in [0.717, 1.165) is 18.2 Å². The van der Waals surface area contributed by atoms with Crippen LogP contribution in [0, 0.1) is 10.1 Å². The van der Waals surface area contributed by atoms with E-state index in [4.69, 9.17) is 4.74 Å². The average Bonchev–Trinajstić information content (AvgIpc) is 2.63. The third kappa shape index (κ3) is 7.17. The van der Waals surface area contributed by atoms with Crippen molar-refractivity contribution in [1.29, 1.82) is 0 Å². The van der Waals surface area contributed by atoms with Crippen molar-refractivity contribution in [1.82, 2.24) is 0 Å². The minimum Gasteiger partial charge on any atom is -0.487 e. The van der Waals surface area contributed by atoms with Crippen LogP contribution in [0.15, 0.2) is 48.5 Å². The molecular weight excluding hydrogens is 393 g/mol. The maximum atomic E-state index is 12.3. The Balaban J connectivity index is 2.08.